The van der Waals surface area contributed by atoms with E-state index >= 15 is 0 Å². The Balaban J connectivity index is 1.83. The lowest BCUT2D eigenvalue weighted by Crippen LogP contribution is -2.63. The number of aromatic nitrogens is 1. The van der Waals surface area contributed by atoms with E-state index in [0.717, 1.165) is 43.6 Å². The van der Waals surface area contributed by atoms with Crippen LogP contribution in [0, 0.1) is 5.92 Å². The van der Waals surface area contributed by atoms with Crippen LogP contribution >= 0.6 is 0 Å². The second-order valence-electron chi connectivity index (χ2n) is 7.69. The number of piperidine rings is 1. The van der Waals surface area contributed by atoms with Gasteiger partial charge in [-0.25, -0.2) is 0 Å². The van der Waals surface area contributed by atoms with Gasteiger partial charge in [0.05, 0.1) is 13.2 Å². The number of para-hydroxylation sites is 1. The molecule has 1 saturated heterocycles. The van der Waals surface area contributed by atoms with Crippen LogP contribution in [-0.2, 0) is 21.4 Å². The Morgan fingerprint density at radius 1 is 1.40 bits per heavy atom. The SMILES string of the molecule is CCC1=CC2CN3CCc4c([nH]c5ccccc45)C(C(=O)OC)(C2)C13. The zero-order chi connectivity index (χ0) is 17.2. The van der Waals surface area contributed by atoms with Crippen LogP contribution in [0.5, 0.6) is 0 Å². The minimum absolute atomic E-state index is 0.0824. The highest BCUT2D eigenvalue weighted by Gasteiger charge is 2.60. The fourth-order valence-corrected chi connectivity index (χ4v) is 5.71. The van der Waals surface area contributed by atoms with Crippen molar-refractivity contribution in [2.45, 2.75) is 37.6 Å². The van der Waals surface area contributed by atoms with Gasteiger partial charge in [-0.15, -0.1) is 0 Å². The Morgan fingerprint density at radius 3 is 3.04 bits per heavy atom. The average Bonchev–Trinajstić information content (AvgIpc) is 3.00. The van der Waals surface area contributed by atoms with Crippen molar-refractivity contribution in [2.75, 3.05) is 20.2 Å². The summed E-state index contributed by atoms with van der Waals surface area (Å²) in [4.78, 5) is 19.4. The third-order valence-electron chi connectivity index (χ3n) is 6.55. The Bertz CT molecular complexity index is 896. The maximum atomic E-state index is 13.2. The molecule has 4 aliphatic rings. The van der Waals surface area contributed by atoms with E-state index in [0.29, 0.717) is 5.92 Å². The van der Waals surface area contributed by atoms with Gasteiger partial charge in [-0.05, 0) is 36.8 Å². The molecule has 0 saturated carbocycles. The number of fused-ring (bicyclic) bond motifs is 3. The number of rotatable bonds is 2. The Morgan fingerprint density at radius 2 is 2.24 bits per heavy atom. The van der Waals surface area contributed by atoms with Crippen molar-refractivity contribution in [3.8, 4) is 0 Å². The quantitative estimate of drug-likeness (QED) is 0.677. The maximum Gasteiger partial charge on any atom is 0.319 e. The first-order valence-electron chi connectivity index (χ1n) is 9.32. The number of nitrogens with one attached hydrogen (secondary N) is 1. The monoisotopic (exact) mass is 336 g/mol. The van der Waals surface area contributed by atoms with Crippen LogP contribution in [0.2, 0.25) is 0 Å². The summed E-state index contributed by atoms with van der Waals surface area (Å²) in [6.07, 6.45) is 5.25. The first-order chi connectivity index (χ1) is 12.2. The number of carbonyl (C=O) groups excluding carboxylic acids is 1. The summed E-state index contributed by atoms with van der Waals surface area (Å²) in [5.41, 5.74) is 4.36. The van der Waals surface area contributed by atoms with Gasteiger partial charge >= 0.3 is 5.97 Å². The number of H-pyrrole nitrogens is 1. The largest absolute Gasteiger partial charge is 0.468 e. The molecule has 1 aromatic heterocycles. The predicted octanol–water partition coefficient (Wildman–Crippen LogP) is 3.18. The second-order valence-corrected chi connectivity index (χ2v) is 7.69. The molecule has 4 nitrogen and oxygen atoms in total. The number of carbonyl (C=O) groups is 1. The van der Waals surface area contributed by atoms with Crippen LogP contribution in [-0.4, -0.2) is 42.1 Å². The van der Waals surface area contributed by atoms with Crippen molar-refractivity contribution in [1.29, 1.82) is 0 Å². The Kier molecular flexibility index (Phi) is 3.17. The highest BCUT2D eigenvalue weighted by atomic mass is 16.5. The molecule has 0 spiro atoms. The van der Waals surface area contributed by atoms with Gasteiger partial charge in [0.15, 0.2) is 0 Å². The molecule has 4 bridgehead atoms. The van der Waals surface area contributed by atoms with E-state index < -0.39 is 5.41 Å². The van der Waals surface area contributed by atoms with Crippen molar-refractivity contribution in [2.24, 2.45) is 5.92 Å². The topological polar surface area (TPSA) is 45.3 Å². The molecule has 1 aromatic carbocycles. The van der Waals surface area contributed by atoms with E-state index in [4.69, 9.17) is 4.74 Å². The van der Waals surface area contributed by atoms with Crippen LogP contribution in [0.1, 0.15) is 31.0 Å². The molecular weight excluding hydrogens is 312 g/mol. The highest BCUT2D eigenvalue weighted by Crippen LogP contribution is 2.52. The van der Waals surface area contributed by atoms with Crippen molar-refractivity contribution in [1.82, 2.24) is 9.88 Å². The lowest BCUT2D eigenvalue weighted by molar-refractivity contribution is -0.153. The predicted molar refractivity (Wildman–Crippen MR) is 97.5 cm³/mol. The summed E-state index contributed by atoms with van der Waals surface area (Å²) in [5.74, 6) is 0.345. The van der Waals surface area contributed by atoms with Gasteiger partial charge in [0.25, 0.3) is 0 Å². The van der Waals surface area contributed by atoms with E-state index in [1.54, 1.807) is 0 Å². The average molecular weight is 336 g/mol. The van der Waals surface area contributed by atoms with Gasteiger partial charge in [-0.3, -0.25) is 9.69 Å². The van der Waals surface area contributed by atoms with Gasteiger partial charge in [0, 0.05) is 29.7 Å². The number of benzene rings is 1. The molecule has 4 unspecified atom stereocenters. The van der Waals surface area contributed by atoms with Gasteiger partial charge in [-0.1, -0.05) is 36.8 Å². The Hall–Kier alpha value is -2.07. The van der Waals surface area contributed by atoms with E-state index in [2.05, 4.69) is 47.1 Å². The minimum atomic E-state index is -0.595. The van der Waals surface area contributed by atoms with Crippen LogP contribution in [0.3, 0.4) is 0 Å². The summed E-state index contributed by atoms with van der Waals surface area (Å²) in [6.45, 7) is 4.28. The summed E-state index contributed by atoms with van der Waals surface area (Å²) in [5, 5.41) is 1.26. The molecule has 4 heteroatoms. The lowest BCUT2D eigenvalue weighted by Gasteiger charge is -2.53. The molecule has 1 aliphatic carbocycles. The van der Waals surface area contributed by atoms with Gasteiger partial charge < -0.3 is 9.72 Å². The van der Waals surface area contributed by atoms with Crippen molar-refractivity contribution < 1.29 is 9.53 Å². The third-order valence-corrected chi connectivity index (χ3v) is 6.55. The molecule has 2 aromatic rings. The standard InChI is InChI=1S/C21H24N2O2/c1-3-14-10-13-11-21(20(24)25-2)18-16(8-9-23(12-13)19(14)21)15-6-4-5-7-17(15)22-18/h4-7,10,13,19,22H,3,8-9,11-12H2,1-2H3. The summed E-state index contributed by atoms with van der Waals surface area (Å²) in [6, 6.07) is 8.56. The molecule has 4 atom stereocenters. The maximum absolute atomic E-state index is 13.2. The molecule has 1 fully saturated rings. The number of ether oxygens (including phenoxy) is 1. The number of esters is 1. The van der Waals surface area contributed by atoms with E-state index in [1.807, 2.05) is 0 Å². The van der Waals surface area contributed by atoms with Crippen LogP contribution in [0.15, 0.2) is 35.9 Å². The zero-order valence-electron chi connectivity index (χ0n) is 14.8. The fourth-order valence-electron chi connectivity index (χ4n) is 5.71. The second kappa shape index (κ2) is 5.21. The van der Waals surface area contributed by atoms with Crippen LogP contribution < -0.4 is 0 Å². The zero-order valence-corrected chi connectivity index (χ0v) is 14.8. The van der Waals surface area contributed by atoms with Crippen molar-refractivity contribution in [3.05, 3.63) is 47.2 Å². The van der Waals surface area contributed by atoms with Gasteiger partial charge in [0.2, 0.25) is 0 Å². The van der Waals surface area contributed by atoms with Gasteiger partial charge in [-0.2, -0.15) is 0 Å². The molecule has 0 amide bonds. The number of hydrogen-bond donors (Lipinski definition) is 1. The molecule has 130 valence electrons. The minimum Gasteiger partial charge on any atom is -0.468 e. The van der Waals surface area contributed by atoms with Crippen LogP contribution in [0.4, 0.5) is 0 Å². The van der Waals surface area contributed by atoms with E-state index in [9.17, 15) is 4.79 Å². The normalized spacial score (nSPS) is 32.9. The molecule has 6 rings (SSSR count). The summed E-state index contributed by atoms with van der Waals surface area (Å²) >= 11 is 0. The first-order valence-corrected chi connectivity index (χ1v) is 9.32. The molecule has 0 radical (unpaired) electrons. The van der Waals surface area contributed by atoms with Crippen LogP contribution in [0.25, 0.3) is 10.9 Å². The highest BCUT2D eigenvalue weighted by molar-refractivity contribution is 5.92. The van der Waals surface area contributed by atoms with Gasteiger partial charge in [0.1, 0.15) is 5.41 Å². The third kappa shape index (κ3) is 1.83. The number of hydrogen-bond acceptors (Lipinski definition) is 3. The number of methoxy groups -OCH3 is 1. The molecule has 4 heterocycles. The lowest BCUT2D eigenvalue weighted by atomic mass is 9.60. The smallest absolute Gasteiger partial charge is 0.319 e. The van der Waals surface area contributed by atoms with Crippen molar-refractivity contribution in [3.63, 3.8) is 0 Å². The molecule has 3 aliphatic heterocycles. The number of nitrogens with zero attached hydrogens (tertiary/aromatic N) is 1. The molecule has 25 heavy (non-hydrogen) atoms. The molecule has 1 N–H and O–H groups in total. The van der Waals surface area contributed by atoms with E-state index in [-0.39, 0.29) is 12.0 Å². The Labute approximate surface area is 147 Å². The first kappa shape index (κ1) is 15.2. The molecular formula is C21H24N2O2. The fraction of sp³-hybridized carbons (Fsp3) is 0.476. The van der Waals surface area contributed by atoms with Crippen molar-refractivity contribution >= 4 is 16.9 Å². The summed E-state index contributed by atoms with van der Waals surface area (Å²) in [7, 11) is 1.53. The van der Waals surface area contributed by atoms with E-state index in [1.165, 1.54) is 23.6 Å². The summed E-state index contributed by atoms with van der Waals surface area (Å²) < 4.78 is 5.41. The number of aromatic amines is 1.